The molecular formula is C27H30N2O5S. The van der Waals surface area contributed by atoms with Gasteiger partial charge in [0.2, 0.25) is 0 Å². The van der Waals surface area contributed by atoms with Crippen molar-refractivity contribution in [3.63, 3.8) is 0 Å². The van der Waals surface area contributed by atoms with Gasteiger partial charge in [0.25, 0.3) is 0 Å². The topological polar surface area (TPSA) is 94.4 Å². The molecule has 4 rings (SSSR count). The number of benzene rings is 1. The van der Waals surface area contributed by atoms with Gasteiger partial charge in [-0.1, -0.05) is 49.3 Å². The predicted molar refractivity (Wildman–Crippen MR) is 135 cm³/mol. The zero-order chi connectivity index (χ0) is 25.2. The van der Waals surface area contributed by atoms with E-state index in [4.69, 9.17) is 9.57 Å². The summed E-state index contributed by atoms with van der Waals surface area (Å²) in [6, 6.07) is 10.1. The Balaban J connectivity index is 1.52. The van der Waals surface area contributed by atoms with E-state index in [1.165, 1.54) is 12.0 Å². The highest BCUT2D eigenvalue weighted by molar-refractivity contribution is 7.10. The van der Waals surface area contributed by atoms with Crippen LogP contribution in [0.4, 0.5) is 0 Å². The maximum absolute atomic E-state index is 12.7. The first-order valence-corrected chi connectivity index (χ1v) is 12.6. The second-order valence-corrected chi connectivity index (χ2v) is 10.9. The van der Waals surface area contributed by atoms with E-state index in [1.54, 1.807) is 29.5 Å². The Kier molecular flexibility index (Phi) is 7.31. The number of thiophene rings is 1. The number of ether oxygens (including phenoxy) is 1. The molecule has 184 valence electrons. The number of rotatable bonds is 8. The molecule has 0 amide bonds. The molecule has 0 radical (unpaired) electrons. The van der Waals surface area contributed by atoms with E-state index in [1.807, 2.05) is 26.8 Å². The predicted octanol–water partition coefficient (Wildman–Crippen LogP) is 4.73. The molecular weight excluding hydrogens is 464 g/mol. The molecule has 1 heterocycles. The lowest BCUT2D eigenvalue weighted by atomic mass is 9.74. The van der Waals surface area contributed by atoms with Crippen molar-refractivity contribution in [3.8, 4) is 0 Å². The highest BCUT2D eigenvalue weighted by Gasteiger charge is 2.42. The molecule has 2 saturated carbocycles. The van der Waals surface area contributed by atoms with E-state index < -0.39 is 17.4 Å². The number of aliphatic imine (C=N–C) groups is 1. The summed E-state index contributed by atoms with van der Waals surface area (Å²) in [6.45, 7) is 5.83. The van der Waals surface area contributed by atoms with Gasteiger partial charge in [-0.15, -0.1) is 11.3 Å². The van der Waals surface area contributed by atoms with Crippen LogP contribution in [0.25, 0.3) is 0 Å². The Bertz CT molecular complexity index is 1160. The van der Waals surface area contributed by atoms with Crippen molar-refractivity contribution in [2.75, 3.05) is 7.11 Å². The van der Waals surface area contributed by atoms with E-state index in [0.717, 1.165) is 12.1 Å². The van der Waals surface area contributed by atoms with Gasteiger partial charge in [-0.25, -0.2) is 4.79 Å². The number of nitrogens with zero attached hydrogens (tertiary/aromatic N) is 2. The van der Waals surface area contributed by atoms with Gasteiger partial charge < -0.3 is 9.57 Å². The Morgan fingerprint density at radius 3 is 2.49 bits per heavy atom. The third kappa shape index (κ3) is 5.75. The van der Waals surface area contributed by atoms with Gasteiger partial charge in [-0.2, -0.15) is 0 Å². The van der Waals surface area contributed by atoms with E-state index in [-0.39, 0.29) is 36.7 Å². The smallest absolute Gasteiger partial charge is 0.356 e. The summed E-state index contributed by atoms with van der Waals surface area (Å²) >= 11 is 1.76. The highest BCUT2D eigenvalue weighted by atomic mass is 32.1. The molecule has 0 aliphatic heterocycles. The maximum Gasteiger partial charge on any atom is 0.356 e. The molecule has 2 atom stereocenters. The lowest BCUT2D eigenvalue weighted by Crippen LogP contribution is -2.41. The third-order valence-corrected chi connectivity index (χ3v) is 7.49. The molecule has 7 nitrogen and oxygen atoms in total. The Hall–Kier alpha value is -3.13. The molecule has 35 heavy (non-hydrogen) atoms. The van der Waals surface area contributed by atoms with Crippen molar-refractivity contribution >= 4 is 40.3 Å². The molecule has 2 aliphatic carbocycles. The van der Waals surface area contributed by atoms with Gasteiger partial charge >= 0.3 is 5.97 Å². The molecule has 0 unspecified atom stereocenters. The monoisotopic (exact) mass is 494 g/mol. The third-order valence-electron chi connectivity index (χ3n) is 6.49. The fourth-order valence-electron chi connectivity index (χ4n) is 4.60. The van der Waals surface area contributed by atoms with Crippen LogP contribution in [-0.2, 0) is 30.6 Å². The van der Waals surface area contributed by atoms with E-state index in [2.05, 4.69) is 27.7 Å². The van der Waals surface area contributed by atoms with Crippen molar-refractivity contribution in [2.24, 2.45) is 21.5 Å². The Morgan fingerprint density at radius 1 is 1.11 bits per heavy atom. The van der Waals surface area contributed by atoms with Crippen LogP contribution < -0.4 is 0 Å². The maximum atomic E-state index is 12.7. The largest absolute Gasteiger partial charge is 0.464 e. The van der Waals surface area contributed by atoms with E-state index in [9.17, 15) is 14.4 Å². The molecule has 1 aromatic heterocycles. The van der Waals surface area contributed by atoms with Gasteiger partial charge in [0.1, 0.15) is 6.61 Å². The minimum Gasteiger partial charge on any atom is -0.464 e. The molecule has 0 spiro atoms. The van der Waals surface area contributed by atoms with Crippen molar-refractivity contribution in [2.45, 2.75) is 58.6 Å². The van der Waals surface area contributed by atoms with Gasteiger partial charge in [0.15, 0.2) is 23.3 Å². The summed E-state index contributed by atoms with van der Waals surface area (Å²) in [4.78, 5) is 49.4. The number of Topliss-reactive ketones (excluding diaryl/α,β-unsaturated/α-hetero) is 2. The SMILES string of the molecule is COC(=O)C(=NC1C(=O)CC(C)(C)CC1=O)c1ccccc1CON=C(C)[C@@H]1C[C@H]1c1cccs1. The van der Waals surface area contributed by atoms with E-state index >= 15 is 0 Å². The summed E-state index contributed by atoms with van der Waals surface area (Å²) in [7, 11) is 1.25. The summed E-state index contributed by atoms with van der Waals surface area (Å²) in [6.07, 6.45) is 1.52. The highest BCUT2D eigenvalue weighted by Crippen LogP contribution is 2.49. The van der Waals surface area contributed by atoms with Crippen molar-refractivity contribution in [1.29, 1.82) is 0 Å². The second-order valence-electron chi connectivity index (χ2n) is 9.95. The lowest BCUT2D eigenvalue weighted by Gasteiger charge is -2.30. The summed E-state index contributed by atoms with van der Waals surface area (Å²) in [5.74, 6) is -0.399. The molecule has 2 aliphatic rings. The van der Waals surface area contributed by atoms with Crippen LogP contribution in [0.15, 0.2) is 51.9 Å². The van der Waals surface area contributed by atoms with Crippen LogP contribution in [0.3, 0.4) is 0 Å². The van der Waals surface area contributed by atoms with Gasteiger partial charge in [-0.05, 0) is 30.2 Å². The molecule has 0 N–H and O–H groups in total. The molecule has 2 aromatic rings. The normalized spacial score (nSPS) is 22.7. The fourth-order valence-corrected chi connectivity index (χ4v) is 5.51. The van der Waals surface area contributed by atoms with Crippen molar-refractivity contribution < 1.29 is 24.0 Å². The number of oxime groups is 1. The number of esters is 1. The first-order valence-electron chi connectivity index (χ1n) is 11.7. The number of hydrogen-bond donors (Lipinski definition) is 0. The lowest BCUT2D eigenvalue weighted by molar-refractivity contribution is -0.135. The van der Waals surface area contributed by atoms with Gasteiger partial charge in [-0.3, -0.25) is 14.6 Å². The second kappa shape index (κ2) is 10.2. The average Bonchev–Trinajstić information content (AvgIpc) is 3.42. The first kappa shape index (κ1) is 25.0. The van der Waals surface area contributed by atoms with Crippen molar-refractivity contribution in [3.05, 3.63) is 57.8 Å². The number of carbonyl (C=O) groups is 3. The van der Waals surface area contributed by atoms with Crippen LogP contribution >= 0.6 is 11.3 Å². The molecule has 2 fully saturated rings. The van der Waals surface area contributed by atoms with Crippen molar-refractivity contribution in [1.82, 2.24) is 0 Å². The minimum atomic E-state index is -1.20. The average molecular weight is 495 g/mol. The first-order chi connectivity index (χ1) is 16.7. The van der Waals surface area contributed by atoms with Crippen LogP contribution in [0.2, 0.25) is 0 Å². The molecule has 8 heteroatoms. The number of methoxy groups -OCH3 is 1. The summed E-state index contributed by atoms with van der Waals surface area (Å²) in [5, 5.41) is 6.40. The number of ketones is 2. The standard InChI is InChI=1S/C27H30N2O5S/c1-16(19-12-20(19)23-10-7-11-35-23)29-34-15-17-8-5-6-9-18(17)24(26(32)33-4)28-25-21(30)13-27(2,3)14-22(25)31/h5-11,19-20,25H,12-15H2,1-4H3/t19-,20+/m0/s1. The fraction of sp³-hybridized carbons (Fsp3) is 0.444. The van der Waals surface area contributed by atoms with Crippen LogP contribution in [0, 0.1) is 11.3 Å². The van der Waals surface area contributed by atoms with Crippen LogP contribution in [-0.4, -0.2) is 42.1 Å². The van der Waals surface area contributed by atoms with Gasteiger partial charge in [0.05, 0.1) is 12.8 Å². The quantitative estimate of drug-likeness (QED) is 0.229. The summed E-state index contributed by atoms with van der Waals surface area (Å²) in [5.41, 5.74) is 1.59. The van der Waals surface area contributed by atoms with Crippen LogP contribution in [0.5, 0.6) is 0 Å². The zero-order valence-corrected chi connectivity index (χ0v) is 21.3. The number of carbonyl (C=O) groups excluding carboxylic acids is 3. The number of hydrogen-bond acceptors (Lipinski definition) is 8. The summed E-state index contributed by atoms with van der Waals surface area (Å²) < 4.78 is 4.94. The zero-order valence-electron chi connectivity index (χ0n) is 20.4. The van der Waals surface area contributed by atoms with Crippen LogP contribution in [0.1, 0.15) is 62.0 Å². The van der Waals surface area contributed by atoms with E-state index in [0.29, 0.717) is 23.0 Å². The molecule has 1 aromatic carbocycles. The Morgan fingerprint density at radius 2 is 1.83 bits per heavy atom. The minimum absolute atomic E-state index is 0.0567. The molecule has 0 bridgehead atoms. The van der Waals surface area contributed by atoms with Gasteiger partial charge in [0, 0.05) is 40.7 Å². The molecule has 0 saturated heterocycles. The Labute approximate surface area is 209 Å².